The molecule has 1 atom stereocenters. The normalized spacial score (nSPS) is 31.5. The lowest BCUT2D eigenvalue weighted by Gasteiger charge is -2.23. The highest BCUT2D eigenvalue weighted by atomic mass is 79.9. The monoisotopic (exact) mass is 284 g/mol. The molecule has 1 aliphatic rings. The van der Waals surface area contributed by atoms with Gasteiger partial charge in [-0.1, -0.05) is 0 Å². The number of hydrogen-bond donors (Lipinski definition) is 0. The molecule has 0 N–H and O–H groups in total. The molecular weight excluding hydrogens is 276 g/mol. The minimum Gasteiger partial charge on any atom is -0.272 e. The van der Waals surface area contributed by atoms with Crippen molar-refractivity contribution < 1.29 is 4.79 Å². The third kappa shape index (κ3) is 1.23. The van der Waals surface area contributed by atoms with Crippen molar-refractivity contribution in [3.63, 3.8) is 0 Å². The Morgan fingerprint density at radius 3 is 2.00 bits per heavy atom. The maximum Gasteiger partial charge on any atom is 0.254 e. The standard InChI is InChI=1S/C6H10Br2N2O/c1-4-9(7)5(11)6(2,3)10(4)8/h4H,1-3H3. The number of halogens is 2. The number of hydrogen-bond acceptors (Lipinski definition) is 2. The molecule has 0 bridgehead atoms. The smallest absolute Gasteiger partial charge is 0.254 e. The largest absolute Gasteiger partial charge is 0.272 e. The van der Waals surface area contributed by atoms with Gasteiger partial charge in [0.1, 0.15) is 11.7 Å². The fourth-order valence-corrected chi connectivity index (χ4v) is 2.28. The predicted molar refractivity (Wildman–Crippen MR) is 50.1 cm³/mol. The van der Waals surface area contributed by atoms with Crippen LogP contribution in [0.2, 0.25) is 0 Å². The lowest BCUT2D eigenvalue weighted by Crippen LogP contribution is -2.38. The average Bonchev–Trinajstić information content (AvgIpc) is 2.06. The lowest BCUT2D eigenvalue weighted by atomic mass is 10.1. The van der Waals surface area contributed by atoms with Crippen molar-refractivity contribution in [3.8, 4) is 0 Å². The summed E-state index contributed by atoms with van der Waals surface area (Å²) in [5.41, 5.74) is -0.455. The van der Waals surface area contributed by atoms with Gasteiger partial charge < -0.3 is 0 Å². The fraction of sp³-hybridized carbons (Fsp3) is 0.833. The topological polar surface area (TPSA) is 23.6 Å². The molecule has 64 valence electrons. The van der Waals surface area contributed by atoms with Crippen LogP contribution >= 0.6 is 32.3 Å². The number of rotatable bonds is 0. The van der Waals surface area contributed by atoms with Crippen LogP contribution < -0.4 is 0 Å². The Kier molecular flexibility index (Phi) is 2.33. The van der Waals surface area contributed by atoms with E-state index in [1.54, 1.807) is 3.93 Å². The summed E-state index contributed by atoms with van der Waals surface area (Å²) in [6, 6.07) is 0. The second-order valence-electron chi connectivity index (χ2n) is 3.12. The van der Waals surface area contributed by atoms with Crippen LogP contribution in [0.25, 0.3) is 0 Å². The van der Waals surface area contributed by atoms with Crippen molar-refractivity contribution >= 4 is 38.2 Å². The maximum atomic E-state index is 11.5. The molecule has 1 amide bonds. The first kappa shape index (κ1) is 9.48. The van der Waals surface area contributed by atoms with E-state index >= 15 is 0 Å². The highest BCUT2D eigenvalue weighted by Gasteiger charge is 2.48. The van der Waals surface area contributed by atoms with E-state index in [9.17, 15) is 4.79 Å². The Balaban J connectivity index is 2.96. The van der Waals surface area contributed by atoms with Gasteiger partial charge >= 0.3 is 0 Å². The summed E-state index contributed by atoms with van der Waals surface area (Å²) in [5, 5.41) is 0. The van der Waals surface area contributed by atoms with Gasteiger partial charge in [0.2, 0.25) is 0 Å². The van der Waals surface area contributed by atoms with Crippen LogP contribution in [0.15, 0.2) is 0 Å². The van der Waals surface area contributed by atoms with Gasteiger partial charge in [0.15, 0.2) is 0 Å². The summed E-state index contributed by atoms with van der Waals surface area (Å²) in [5.74, 6) is 0.0712. The number of nitrogens with zero attached hydrogens (tertiary/aromatic N) is 2. The van der Waals surface area contributed by atoms with Crippen LogP contribution in [0, 0.1) is 0 Å². The van der Waals surface area contributed by atoms with Crippen LogP contribution in [-0.4, -0.2) is 25.5 Å². The average molecular weight is 286 g/mol. The summed E-state index contributed by atoms with van der Waals surface area (Å²) in [6.07, 6.45) is 0.0532. The predicted octanol–water partition coefficient (Wildman–Crippen LogP) is 1.88. The van der Waals surface area contributed by atoms with E-state index in [1.165, 1.54) is 0 Å². The van der Waals surface area contributed by atoms with Crippen molar-refractivity contribution in [2.24, 2.45) is 0 Å². The Morgan fingerprint density at radius 2 is 1.91 bits per heavy atom. The summed E-state index contributed by atoms with van der Waals surface area (Å²) < 4.78 is 3.39. The molecule has 1 aliphatic heterocycles. The maximum absolute atomic E-state index is 11.5. The van der Waals surface area contributed by atoms with Crippen LogP contribution in [0.4, 0.5) is 0 Å². The van der Waals surface area contributed by atoms with Crippen LogP contribution in [-0.2, 0) is 4.79 Å². The van der Waals surface area contributed by atoms with Crippen molar-refractivity contribution in [1.29, 1.82) is 0 Å². The molecule has 0 aromatic heterocycles. The molecule has 0 aliphatic carbocycles. The minimum absolute atomic E-state index is 0.0532. The van der Waals surface area contributed by atoms with Gasteiger partial charge in [-0.05, 0) is 20.8 Å². The number of amides is 1. The van der Waals surface area contributed by atoms with E-state index < -0.39 is 5.54 Å². The molecule has 0 aromatic rings. The first-order valence-electron chi connectivity index (χ1n) is 3.33. The first-order valence-corrected chi connectivity index (χ1v) is 4.75. The molecular formula is C6H10Br2N2O. The fourth-order valence-electron chi connectivity index (χ4n) is 1.08. The van der Waals surface area contributed by atoms with Crippen LogP contribution in [0.1, 0.15) is 20.8 Å². The molecule has 1 rings (SSSR count). The third-order valence-corrected chi connectivity index (χ3v) is 4.30. The summed E-state index contributed by atoms with van der Waals surface area (Å²) in [6.45, 7) is 5.69. The van der Waals surface area contributed by atoms with E-state index in [-0.39, 0.29) is 12.1 Å². The zero-order valence-corrected chi connectivity index (χ0v) is 9.81. The number of carbonyl (C=O) groups excluding carboxylic acids is 1. The SMILES string of the molecule is CC1N(Br)C(=O)C(C)(C)N1Br. The minimum atomic E-state index is -0.455. The lowest BCUT2D eigenvalue weighted by molar-refractivity contribution is -0.127. The molecule has 0 radical (unpaired) electrons. The van der Waals surface area contributed by atoms with Crippen molar-refractivity contribution in [2.45, 2.75) is 32.5 Å². The van der Waals surface area contributed by atoms with Crippen molar-refractivity contribution in [2.75, 3.05) is 0 Å². The van der Waals surface area contributed by atoms with Gasteiger partial charge in [-0.25, -0.2) is 3.93 Å². The van der Waals surface area contributed by atoms with Crippen LogP contribution in [0.3, 0.4) is 0 Å². The zero-order chi connectivity index (χ0) is 8.81. The van der Waals surface area contributed by atoms with Crippen LogP contribution in [0.5, 0.6) is 0 Å². The highest BCUT2D eigenvalue weighted by Crippen LogP contribution is 2.35. The Morgan fingerprint density at radius 1 is 1.45 bits per heavy atom. The molecule has 3 nitrogen and oxygen atoms in total. The van der Waals surface area contributed by atoms with E-state index in [0.717, 1.165) is 0 Å². The third-order valence-electron chi connectivity index (χ3n) is 1.91. The van der Waals surface area contributed by atoms with E-state index in [0.29, 0.717) is 0 Å². The Labute approximate surface area is 83.4 Å². The highest BCUT2D eigenvalue weighted by molar-refractivity contribution is 9.08. The molecule has 1 heterocycles. The van der Waals surface area contributed by atoms with Gasteiger partial charge in [0, 0.05) is 16.1 Å². The molecule has 1 unspecified atom stereocenters. The second-order valence-corrected chi connectivity index (χ2v) is 4.65. The first-order chi connectivity index (χ1) is 4.89. The Hall–Kier alpha value is 0.390. The molecule has 11 heavy (non-hydrogen) atoms. The molecule has 1 fully saturated rings. The van der Waals surface area contributed by atoms with Gasteiger partial charge in [0.25, 0.3) is 5.91 Å². The van der Waals surface area contributed by atoms with Crippen molar-refractivity contribution in [1.82, 2.24) is 7.85 Å². The van der Waals surface area contributed by atoms with Crippen molar-refractivity contribution in [3.05, 3.63) is 0 Å². The molecule has 1 saturated heterocycles. The molecule has 0 saturated carbocycles. The zero-order valence-electron chi connectivity index (χ0n) is 6.64. The second kappa shape index (κ2) is 2.71. The van der Waals surface area contributed by atoms with Gasteiger partial charge in [-0.2, -0.15) is 0 Å². The molecule has 0 aromatic carbocycles. The summed E-state index contributed by atoms with van der Waals surface area (Å²) in [7, 11) is 0. The number of carbonyl (C=O) groups is 1. The van der Waals surface area contributed by atoms with E-state index in [4.69, 9.17) is 0 Å². The summed E-state index contributed by atoms with van der Waals surface area (Å²) >= 11 is 6.54. The summed E-state index contributed by atoms with van der Waals surface area (Å²) in [4.78, 5) is 11.5. The van der Waals surface area contributed by atoms with Gasteiger partial charge in [-0.3, -0.25) is 8.72 Å². The quantitative estimate of drug-likeness (QED) is 0.635. The van der Waals surface area contributed by atoms with E-state index in [2.05, 4.69) is 32.3 Å². The molecule has 5 heteroatoms. The Bertz CT molecular complexity index is 195. The van der Waals surface area contributed by atoms with E-state index in [1.807, 2.05) is 24.7 Å². The van der Waals surface area contributed by atoms with Gasteiger partial charge in [-0.15, -0.1) is 0 Å². The molecule has 0 spiro atoms. The van der Waals surface area contributed by atoms with Gasteiger partial charge in [0.05, 0.1) is 16.1 Å².